The van der Waals surface area contributed by atoms with Gasteiger partial charge in [0.25, 0.3) is 5.91 Å². The van der Waals surface area contributed by atoms with Gasteiger partial charge >= 0.3 is 7.75 Å². The Labute approximate surface area is 168 Å². The molecular formula is C23H18NO4P. The molecule has 1 N–H and O–H groups in total. The normalized spacial score (nSPS) is 11.0. The molecule has 4 aromatic rings. The second-order valence-electron chi connectivity index (χ2n) is 6.31. The van der Waals surface area contributed by atoms with E-state index >= 15 is 0 Å². The summed E-state index contributed by atoms with van der Waals surface area (Å²) < 4.78 is 24.6. The first-order valence-electron chi connectivity index (χ1n) is 9.02. The molecule has 0 heterocycles. The number of amides is 1. The van der Waals surface area contributed by atoms with Crippen molar-refractivity contribution >= 4 is 24.4 Å². The van der Waals surface area contributed by atoms with Crippen LogP contribution in [0.25, 0.3) is 10.8 Å². The number of hydrogen-bond donors (Lipinski definition) is 1. The highest BCUT2D eigenvalue weighted by Gasteiger charge is 2.32. The third kappa shape index (κ3) is 4.65. The van der Waals surface area contributed by atoms with Gasteiger partial charge in [0, 0.05) is 5.56 Å². The van der Waals surface area contributed by atoms with E-state index in [0.29, 0.717) is 17.1 Å². The summed E-state index contributed by atoms with van der Waals surface area (Å²) in [7, 11) is -4.04. The van der Waals surface area contributed by atoms with E-state index in [2.05, 4.69) is 5.09 Å². The lowest BCUT2D eigenvalue weighted by molar-refractivity contribution is 0.0973. The van der Waals surface area contributed by atoms with E-state index in [-0.39, 0.29) is 0 Å². The van der Waals surface area contributed by atoms with Gasteiger partial charge in [-0.25, -0.2) is 9.65 Å². The number of rotatable bonds is 6. The van der Waals surface area contributed by atoms with Crippen molar-refractivity contribution in [1.82, 2.24) is 5.09 Å². The largest absolute Gasteiger partial charge is 0.544 e. The minimum atomic E-state index is -4.04. The SMILES string of the molecule is O=C(NP(=O)(Oc1ccccc1)Oc1ccccc1)c1ccc2ccccc2c1. The van der Waals surface area contributed by atoms with Crippen molar-refractivity contribution in [2.75, 3.05) is 0 Å². The van der Waals surface area contributed by atoms with Gasteiger partial charge in [-0.05, 0) is 47.2 Å². The highest BCUT2D eigenvalue weighted by Crippen LogP contribution is 2.45. The Bertz CT molecular complexity index is 1130. The fraction of sp³-hybridized carbons (Fsp3) is 0. The first-order chi connectivity index (χ1) is 14.1. The Hall–Kier alpha value is -3.56. The minimum Gasteiger partial charge on any atom is -0.400 e. The van der Waals surface area contributed by atoms with Gasteiger partial charge in [0.15, 0.2) is 0 Å². The number of nitrogens with one attached hydrogen (secondary N) is 1. The smallest absolute Gasteiger partial charge is 0.400 e. The molecule has 0 radical (unpaired) electrons. The lowest BCUT2D eigenvalue weighted by atomic mass is 10.1. The molecule has 0 bridgehead atoms. The maximum atomic E-state index is 13.4. The summed E-state index contributed by atoms with van der Waals surface area (Å²) in [5.74, 6) is 0.0992. The van der Waals surface area contributed by atoms with Crippen LogP contribution in [0.5, 0.6) is 11.5 Å². The second-order valence-corrected chi connectivity index (χ2v) is 7.89. The predicted molar refractivity (Wildman–Crippen MR) is 113 cm³/mol. The Morgan fingerprint density at radius 1 is 0.655 bits per heavy atom. The average Bonchev–Trinajstić information content (AvgIpc) is 2.74. The molecule has 0 aliphatic heterocycles. The molecular weight excluding hydrogens is 385 g/mol. The quantitative estimate of drug-likeness (QED) is 0.411. The molecule has 0 aliphatic carbocycles. The minimum absolute atomic E-state index is 0.325. The molecule has 4 aromatic carbocycles. The van der Waals surface area contributed by atoms with Gasteiger partial charge in [0.2, 0.25) is 0 Å². The van der Waals surface area contributed by atoms with Crippen LogP contribution in [-0.4, -0.2) is 5.91 Å². The fourth-order valence-electron chi connectivity index (χ4n) is 2.82. The molecule has 0 unspecified atom stereocenters. The van der Waals surface area contributed by atoms with Crippen molar-refractivity contribution < 1.29 is 18.4 Å². The van der Waals surface area contributed by atoms with Crippen molar-refractivity contribution in [2.45, 2.75) is 0 Å². The van der Waals surface area contributed by atoms with Gasteiger partial charge in [-0.1, -0.05) is 66.7 Å². The molecule has 144 valence electrons. The van der Waals surface area contributed by atoms with Crippen LogP contribution in [0.15, 0.2) is 103 Å². The van der Waals surface area contributed by atoms with E-state index in [1.807, 2.05) is 42.5 Å². The van der Waals surface area contributed by atoms with E-state index < -0.39 is 13.7 Å². The van der Waals surface area contributed by atoms with Gasteiger partial charge < -0.3 is 9.05 Å². The third-order valence-electron chi connectivity index (χ3n) is 4.19. The topological polar surface area (TPSA) is 64.6 Å². The Kier molecular flexibility index (Phi) is 5.32. The molecule has 6 heteroatoms. The van der Waals surface area contributed by atoms with Crippen LogP contribution in [0, 0.1) is 0 Å². The van der Waals surface area contributed by atoms with E-state index in [1.165, 1.54) is 0 Å². The van der Waals surface area contributed by atoms with E-state index in [1.54, 1.807) is 60.7 Å². The monoisotopic (exact) mass is 403 g/mol. The molecule has 4 rings (SSSR count). The van der Waals surface area contributed by atoms with Crippen LogP contribution in [-0.2, 0) is 4.57 Å². The number of benzene rings is 4. The average molecular weight is 403 g/mol. The van der Waals surface area contributed by atoms with Crippen LogP contribution in [0.1, 0.15) is 10.4 Å². The zero-order valence-corrected chi connectivity index (χ0v) is 16.3. The molecule has 5 nitrogen and oxygen atoms in total. The summed E-state index contributed by atoms with van der Waals surface area (Å²) in [4.78, 5) is 12.8. The van der Waals surface area contributed by atoms with Gasteiger partial charge in [-0.15, -0.1) is 0 Å². The first-order valence-corrected chi connectivity index (χ1v) is 10.6. The number of carbonyl (C=O) groups is 1. The predicted octanol–water partition coefficient (Wildman–Crippen LogP) is 5.84. The molecule has 0 spiro atoms. The van der Waals surface area contributed by atoms with E-state index in [9.17, 15) is 9.36 Å². The van der Waals surface area contributed by atoms with Crippen molar-refractivity contribution in [2.24, 2.45) is 0 Å². The maximum absolute atomic E-state index is 13.4. The molecule has 0 aliphatic rings. The maximum Gasteiger partial charge on any atom is 0.544 e. The molecule has 0 fully saturated rings. The summed E-state index contributed by atoms with van der Waals surface area (Å²) in [5.41, 5.74) is 0.359. The Morgan fingerprint density at radius 3 is 1.76 bits per heavy atom. The van der Waals surface area contributed by atoms with Crippen molar-refractivity contribution in [3.05, 3.63) is 109 Å². The zero-order chi connectivity index (χ0) is 20.1. The summed E-state index contributed by atoms with van der Waals surface area (Å²) in [6, 6.07) is 30.1. The fourth-order valence-corrected chi connectivity index (χ4v) is 4.13. The van der Waals surface area contributed by atoms with Gasteiger partial charge in [-0.3, -0.25) is 4.79 Å². The Balaban J connectivity index is 1.62. The Morgan fingerprint density at radius 2 is 1.17 bits per heavy atom. The number of fused-ring (bicyclic) bond motifs is 1. The summed E-state index contributed by atoms with van der Waals surface area (Å²) in [6.45, 7) is 0. The lowest BCUT2D eigenvalue weighted by Gasteiger charge is -2.20. The van der Waals surface area contributed by atoms with Crippen molar-refractivity contribution in [1.29, 1.82) is 0 Å². The molecule has 0 saturated carbocycles. The van der Waals surface area contributed by atoms with Crippen molar-refractivity contribution in [3.63, 3.8) is 0 Å². The van der Waals surface area contributed by atoms with Crippen LogP contribution < -0.4 is 14.1 Å². The third-order valence-corrected chi connectivity index (χ3v) is 5.57. The molecule has 0 atom stereocenters. The molecule has 1 amide bonds. The first kappa shape index (κ1) is 18.8. The highest BCUT2D eigenvalue weighted by atomic mass is 31.2. The van der Waals surface area contributed by atoms with Crippen LogP contribution in [0.4, 0.5) is 0 Å². The van der Waals surface area contributed by atoms with Gasteiger partial charge in [0.05, 0.1) is 0 Å². The summed E-state index contributed by atoms with van der Waals surface area (Å²) in [5, 5.41) is 4.36. The summed E-state index contributed by atoms with van der Waals surface area (Å²) >= 11 is 0. The van der Waals surface area contributed by atoms with Gasteiger partial charge in [-0.2, -0.15) is 0 Å². The van der Waals surface area contributed by atoms with E-state index in [4.69, 9.17) is 9.05 Å². The lowest BCUT2D eigenvalue weighted by Crippen LogP contribution is -2.25. The van der Waals surface area contributed by atoms with Crippen LogP contribution in [0.2, 0.25) is 0 Å². The molecule has 0 saturated heterocycles. The van der Waals surface area contributed by atoms with Crippen LogP contribution >= 0.6 is 7.75 Å². The molecule has 29 heavy (non-hydrogen) atoms. The second kappa shape index (κ2) is 8.21. The number of para-hydroxylation sites is 2. The van der Waals surface area contributed by atoms with Gasteiger partial charge in [0.1, 0.15) is 11.5 Å². The zero-order valence-electron chi connectivity index (χ0n) is 15.4. The standard InChI is InChI=1S/C23H18NO4P/c25-23(20-16-15-18-9-7-8-10-19(18)17-20)24-29(26,27-21-11-3-1-4-12-21)28-22-13-5-2-6-14-22/h1-17H,(H,24,25,26). The van der Waals surface area contributed by atoms with Crippen LogP contribution in [0.3, 0.4) is 0 Å². The summed E-state index contributed by atoms with van der Waals surface area (Å²) in [6.07, 6.45) is 0. The highest BCUT2D eigenvalue weighted by molar-refractivity contribution is 7.53. The number of hydrogen-bond acceptors (Lipinski definition) is 4. The molecule has 0 aromatic heterocycles. The van der Waals surface area contributed by atoms with Crippen molar-refractivity contribution in [3.8, 4) is 11.5 Å². The van der Waals surface area contributed by atoms with E-state index in [0.717, 1.165) is 10.8 Å². The number of carbonyl (C=O) groups excluding carboxylic acids is 1.